The number of carbonyl (C=O) groups is 1. The number of ether oxygens (including phenoxy) is 2. The third-order valence-corrected chi connectivity index (χ3v) is 2.01. The largest absolute Gasteiger partial charge is 0.480 e. The lowest BCUT2D eigenvalue weighted by molar-refractivity contribution is 0.0507. The number of hydrogen-bond acceptors (Lipinski definition) is 4. The molecule has 1 atom stereocenters. The maximum absolute atomic E-state index is 11.7. The van der Waals surface area contributed by atoms with Crippen molar-refractivity contribution < 1.29 is 14.3 Å². The van der Waals surface area contributed by atoms with Gasteiger partial charge in [0.2, 0.25) is 5.90 Å². The fourth-order valence-electron chi connectivity index (χ4n) is 1.41. The van der Waals surface area contributed by atoms with Gasteiger partial charge in [-0.05, 0) is 40.0 Å². The van der Waals surface area contributed by atoms with E-state index < -0.39 is 17.7 Å². The topological polar surface area (TPSA) is 71.4 Å². The van der Waals surface area contributed by atoms with Crippen molar-refractivity contribution in [1.82, 2.24) is 5.32 Å². The summed E-state index contributed by atoms with van der Waals surface area (Å²) >= 11 is 0. The summed E-state index contributed by atoms with van der Waals surface area (Å²) in [6, 6.07) is -0.431. The maximum Gasteiger partial charge on any atom is 0.408 e. The van der Waals surface area contributed by atoms with E-state index in [9.17, 15) is 4.79 Å². The van der Waals surface area contributed by atoms with Crippen molar-refractivity contribution in [3.05, 3.63) is 0 Å². The van der Waals surface area contributed by atoms with Gasteiger partial charge >= 0.3 is 6.09 Å². The van der Waals surface area contributed by atoms with Gasteiger partial charge in [0.15, 0.2) is 0 Å². The van der Waals surface area contributed by atoms with Gasteiger partial charge in [0, 0.05) is 0 Å². The molecule has 0 aliphatic rings. The summed E-state index contributed by atoms with van der Waals surface area (Å²) in [6.45, 7) is 11.7. The zero-order valence-electron chi connectivity index (χ0n) is 12.3. The predicted molar refractivity (Wildman–Crippen MR) is 72.0 cm³/mol. The van der Waals surface area contributed by atoms with Crippen molar-refractivity contribution in [2.75, 3.05) is 6.61 Å². The summed E-state index contributed by atoms with van der Waals surface area (Å²) in [5, 5.41) is 10.4. The molecule has 106 valence electrons. The van der Waals surface area contributed by atoms with Gasteiger partial charge in [0.1, 0.15) is 11.6 Å². The molecule has 0 saturated carbocycles. The Morgan fingerprint density at radius 1 is 1.33 bits per heavy atom. The second-order valence-corrected chi connectivity index (χ2v) is 5.63. The van der Waals surface area contributed by atoms with Gasteiger partial charge in [-0.1, -0.05) is 13.8 Å². The molecule has 5 nitrogen and oxygen atoms in total. The van der Waals surface area contributed by atoms with E-state index in [0.29, 0.717) is 18.9 Å². The average Bonchev–Trinajstić information content (AvgIpc) is 2.13. The van der Waals surface area contributed by atoms with Crippen LogP contribution in [0.25, 0.3) is 0 Å². The maximum atomic E-state index is 11.7. The summed E-state index contributed by atoms with van der Waals surface area (Å²) in [5.74, 6) is 0.433. The van der Waals surface area contributed by atoms with Crippen molar-refractivity contribution in [3.8, 4) is 0 Å². The molecule has 0 aromatic carbocycles. The van der Waals surface area contributed by atoms with Crippen LogP contribution in [0.4, 0.5) is 4.79 Å². The molecule has 0 aliphatic carbocycles. The van der Waals surface area contributed by atoms with E-state index in [0.717, 1.165) is 0 Å². The Balaban J connectivity index is 4.49. The van der Waals surface area contributed by atoms with E-state index in [1.807, 2.05) is 20.8 Å². The van der Waals surface area contributed by atoms with E-state index in [2.05, 4.69) is 5.32 Å². The summed E-state index contributed by atoms with van der Waals surface area (Å²) < 4.78 is 10.3. The first-order valence-corrected chi connectivity index (χ1v) is 6.36. The molecule has 0 heterocycles. The number of hydrogen-bond donors (Lipinski definition) is 2. The minimum Gasteiger partial charge on any atom is -0.480 e. The minimum atomic E-state index is -0.541. The third-order valence-electron chi connectivity index (χ3n) is 2.01. The Morgan fingerprint density at radius 2 is 1.89 bits per heavy atom. The van der Waals surface area contributed by atoms with Crippen molar-refractivity contribution in [2.24, 2.45) is 5.92 Å². The zero-order chi connectivity index (χ0) is 14.3. The van der Waals surface area contributed by atoms with E-state index in [-0.39, 0.29) is 5.90 Å². The van der Waals surface area contributed by atoms with Gasteiger partial charge < -0.3 is 14.8 Å². The van der Waals surface area contributed by atoms with E-state index in [4.69, 9.17) is 14.9 Å². The van der Waals surface area contributed by atoms with Crippen LogP contribution in [0.2, 0.25) is 0 Å². The summed E-state index contributed by atoms with van der Waals surface area (Å²) in [7, 11) is 0. The molecule has 0 saturated heterocycles. The van der Waals surface area contributed by atoms with Gasteiger partial charge in [-0.25, -0.2) is 4.79 Å². The van der Waals surface area contributed by atoms with Crippen LogP contribution in [-0.4, -0.2) is 30.2 Å². The standard InChI is InChI=1S/C13H26N2O3/c1-7-17-11(14)10(8-9(2)3)15-12(16)18-13(4,5)6/h9-10,14H,7-8H2,1-6H3,(H,15,16)/t10-/m0/s1. The van der Waals surface area contributed by atoms with Gasteiger partial charge in [-0.3, -0.25) is 5.41 Å². The lowest BCUT2D eigenvalue weighted by Crippen LogP contribution is -2.44. The van der Waals surface area contributed by atoms with Gasteiger partial charge in [-0.15, -0.1) is 0 Å². The minimum absolute atomic E-state index is 0.0806. The molecule has 0 unspecified atom stereocenters. The molecule has 0 bridgehead atoms. The fraction of sp³-hybridized carbons (Fsp3) is 0.846. The smallest absolute Gasteiger partial charge is 0.408 e. The Kier molecular flexibility index (Phi) is 6.73. The highest BCUT2D eigenvalue weighted by atomic mass is 16.6. The van der Waals surface area contributed by atoms with Gasteiger partial charge in [-0.2, -0.15) is 0 Å². The SMILES string of the molecule is CCOC(=N)[C@H](CC(C)C)NC(=O)OC(C)(C)C. The second kappa shape index (κ2) is 7.24. The molecule has 5 heteroatoms. The highest BCUT2D eigenvalue weighted by Crippen LogP contribution is 2.10. The molecule has 0 spiro atoms. The van der Waals surface area contributed by atoms with Crippen molar-refractivity contribution in [3.63, 3.8) is 0 Å². The van der Waals surface area contributed by atoms with Crippen LogP contribution in [0.3, 0.4) is 0 Å². The molecule has 2 N–H and O–H groups in total. The first kappa shape index (κ1) is 16.7. The van der Waals surface area contributed by atoms with Crippen LogP contribution in [0.5, 0.6) is 0 Å². The van der Waals surface area contributed by atoms with Crippen molar-refractivity contribution in [1.29, 1.82) is 5.41 Å². The molecular weight excluding hydrogens is 232 g/mol. The van der Waals surface area contributed by atoms with Crippen LogP contribution < -0.4 is 5.32 Å². The highest BCUT2D eigenvalue weighted by molar-refractivity contribution is 5.83. The predicted octanol–water partition coefficient (Wildman–Crippen LogP) is 2.94. The molecule has 0 aromatic heterocycles. The number of amides is 1. The van der Waals surface area contributed by atoms with Crippen LogP contribution in [-0.2, 0) is 9.47 Å². The molecule has 0 radical (unpaired) electrons. The van der Waals surface area contributed by atoms with Gasteiger partial charge in [0.05, 0.1) is 6.61 Å². The number of alkyl carbamates (subject to hydrolysis) is 1. The van der Waals surface area contributed by atoms with Crippen LogP contribution in [0.1, 0.15) is 48.0 Å². The lowest BCUT2D eigenvalue weighted by Gasteiger charge is -2.24. The van der Waals surface area contributed by atoms with Gasteiger partial charge in [0.25, 0.3) is 0 Å². The Bertz CT molecular complexity index is 282. The average molecular weight is 258 g/mol. The molecule has 18 heavy (non-hydrogen) atoms. The molecular formula is C13H26N2O3. The Hall–Kier alpha value is -1.26. The zero-order valence-corrected chi connectivity index (χ0v) is 12.3. The lowest BCUT2D eigenvalue weighted by atomic mass is 10.0. The van der Waals surface area contributed by atoms with E-state index in [1.54, 1.807) is 20.8 Å². The molecule has 0 aliphatic heterocycles. The van der Waals surface area contributed by atoms with Crippen LogP contribution in [0.15, 0.2) is 0 Å². The highest BCUT2D eigenvalue weighted by Gasteiger charge is 2.23. The van der Waals surface area contributed by atoms with Crippen LogP contribution in [0, 0.1) is 11.3 Å². The first-order chi connectivity index (χ1) is 8.15. The quantitative estimate of drug-likeness (QED) is 0.588. The van der Waals surface area contributed by atoms with Crippen molar-refractivity contribution >= 4 is 12.0 Å². The molecule has 0 fully saturated rings. The van der Waals surface area contributed by atoms with E-state index in [1.165, 1.54) is 0 Å². The summed E-state index contributed by atoms with van der Waals surface area (Å²) in [5.41, 5.74) is -0.541. The monoisotopic (exact) mass is 258 g/mol. The number of carbonyl (C=O) groups excluding carboxylic acids is 1. The van der Waals surface area contributed by atoms with E-state index >= 15 is 0 Å². The second-order valence-electron chi connectivity index (χ2n) is 5.63. The molecule has 0 aromatic rings. The third kappa shape index (κ3) is 7.92. The fourth-order valence-corrected chi connectivity index (χ4v) is 1.41. The van der Waals surface area contributed by atoms with Crippen molar-refractivity contribution in [2.45, 2.75) is 59.6 Å². The Labute approximate surface area is 110 Å². The Morgan fingerprint density at radius 3 is 2.28 bits per heavy atom. The normalized spacial score (nSPS) is 13.1. The first-order valence-electron chi connectivity index (χ1n) is 6.36. The molecule has 1 amide bonds. The number of nitrogens with one attached hydrogen (secondary N) is 2. The summed E-state index contributed by atoms with van der Waals surface area (Å²) in [4.78, 5) is 11.7. The number of rotatable bonds is 5. The summed E-state index contributed by atoms with van der Waals surface area (Å²) in [6.07, 6.45) is 0.135. The molecule has 0 rings (SSSR count). The van der Waals surface area contributed by atoms with Crippen LogP contribution >= 0.6 is 0 Å².